The quantitative estimate of drug-likeness (QED) is 0.712. The van der Waals surface area contributed by atoms with Crippen LogP contribution in [0, 0.1) is 6.92 Å². The zero-order valence-corrected chi connectivity index (χ0v) is 8.91. The molecule has 0 fully saturated rings. The highest BCUT2D eigenvalue weighted by atomic mass is 16.5. The second kappa shape index (κ2) is 4.09. The lowest BCUT2D eigenvalue weighted by Crippen LogP contribution is -2.01. The summed E-state index contributed by atoms with van der Waals surface area (Å²) in [7, 11) is 1.51. The molecule has 0 radical (unpaired) electrons. The van der Waals surface area contributed by atoms with Crippen molar-refractivity contribution in [2.24, 2.45) is 0 Å². The molecule has 0 saturated heterocycles. The Morgan fingerprint density at radius 1 is 1.44 bits per heavy atom. The molecule has 6 heteroatoms. The van der Waals surface area contributed by atoms with Gasteiger partial charge in [0.05, 0.1) is 18.4 Å². The minimum Gasteiger partial charge on any atom is -0.496 e. The van der Waals surface area contributed by atoms with Gasteiger partial charge >= 0.3 is 0 Å². The third-order valence-electron chi connectivity index (χ3n) is 2.21. The van der Waals surface area contributed by atoms with Crippen molar-refractivity contribution >= 4 is 6.29 Å². The van der Waals surface area contributed by atoms with Gasteiger partial charge in [0.2, 0.25) is 0 Å². The zero-order valence-electron chi connectivity index (χ0n) is 8.91. The summed E-state index contributed by atoms with van der Waals surface area (Å²) in [4.78, 5) is 10.7. The van der Waals surface area contributed by atoms with E-state index in [-0.39, 0.29) is 0 Å². The van der Waals surface area contributed by atoms with E-state index >= 15 is 0 Å². The number of carbonyl (C=O) groups excluding carboxylic acids is 1. The number of methoxy groups -OCH3 is 1. The summed E-state index contributed by atoms with van der Waals surface area (Å²) in [6.07, 6.45) is 0.745. The number of tetrazole rings is 1. The number of ether oxygens (including phenoxy) is 1. The number of carbonyl (C=O) groups is 1. The van der Waals surface area contributed by atoms with E-state index in [4.69, 9.17) is 4.74 Å². The molecule has 0 saturated carbocycles. The van der Waals surface area contributed by atoms with Crippen LogP contribution in [0.1, 0.15) is 16.2 Å². The van der Waals surface area contributed by atoms with E-state index in [2.05, 4.69) is 15.5 Å². The maximum Gasteiger partial charge on any atom is 0.153 e. The van der Waals surface area contributed by atoms with Crippen molar-refractivity contribution in [2.45, 2.75) is 6.92 Å². The molecule has 2 rings (SSSR count). The molecule has 0 aliphatic rings. The smallest absolute Gasteiger partial charge is 0.153 e. The first kappa shape index (κ1) is 10.3. The Hall–Kier alpha value is -2.24. The van der Waals surface area contributed by atoms with Crippen LogP contribution in [-0.4, -0.2) is 33.6 Å². The highest BCUT2D eigenvalue weighted by Gasteiger charge is 2.07. The Morgan fingerprint density at radius 3 is 2.81 bits per heavy atom. The second-order valence-electron chi connectivity index (χ2n) is 3.18. The lowest BCUT2D eigenvalue weighted by atomic mass is 10.2. The molecule has 1 aromatic heterocycles. The number of hydrogen-bond donors (Lipinski definition) is 0. The number of aromatic nitrogens is 4. The molecular formula is C10H10N4O2. The van der Waals surface area contributed by atoms with Crippen LogP contribution in [-0.2, 0) is 0 Å². The van der Waals surface area contributed by atoms with E-state index in [0.29, 0.717) is 17.1 Å². The first-order valence-electron chi connectivity index (χ1n) is 4.65. The molecule has 2 aromatic rings. The minimum atomic E-state index is 0.497. The zero-order chi connectivity index (χ0) is 11.5. The van der Waals surface area contributed by atoms with E-state index in [9.17, 15) is 4.79 Å². The van der Waals surface area contributed by atoms with Crippen molar-refractivity contribution in [2.75, 3.05) is 7.11 Å². The van der Waals surface area contributed by atoms with Crippen molar-refractivity contribution in [3.05, 3.63) is 29.6 Å². The molecule has 0 amide bonds. The van der Waals surface area contributed by atoms with E-state index < -0.39 is 0 Å². The highest BCUT2D eigenvalue weighted by molar-refractivity contribution is 5.80. The molecule has 6 nitrogen and oxygen atoms in total. The summed E-state index contributed by atoms with van der Waals surface area (Å²) >= 11 is 0. The Kier molecular flexibility index (Phi) is 2.63. The fourth-order valence-electron chi connectivity index (χ4n) is 1.40. The molecule has 0 bridgehead atoms. The van der Waals surface area contributed by atoms with Crippen molar-refractivity contribution in [3.63, 3.8) is 0 Å². The van der Waals surface area contributed by atoms with Crippen LogP contribution in [0.5, 0.6) is 5.75 Å². The SMILES string of the molecule is COc1cc(-n2nnnc2C)ccc1C=O. The van der Waals surface area contributed by atoms with Gasteiger partial charge in [-0.05, 0) is 29.5 Å². The van der Waals surface area contributed by atoms with Crippen molar-refractivity contribution in [1.29, 1.82) is 0 Å². The molecule has 0 N–H and O–H groups in total. The average Bonchev–Trinajstić information content (AvgIpc) is 2.74. The fourth-order valence-corrected chi connectivity index (χ4v) is 1.40. The number of aryl methyl sites for hydroxylation is 1. The molecule has 0 aliphatic carbocycles. The third-order valence-corrected chi connectivity index (χ3v) is 2.21. The standard InChI is InChI=1S/C10H10N4O2/c1-7-11-12-13-14(7)9-4-3-8(6-15)10(5-9)16-2/h3-6H,1-2H3. The lowest BCUT2D eigenvalue weighted by molar-refractivity contribution is 0.112. The van der Waals surface area contributed by atoms with Crippen LogP contribution in [0.25, 0.3) is 5.69 Å². The lowest BCUT2D eigenvalue weighted by Gasteiger charge is -2.06. The predicted octanol–water partition coefficient (Wildman–Crippen LogP) is 0.792. The first-order chi connectivity index (χ1) is 7.76. The summed E-state index contributed by atoms with van der Waals surface area (Å²) < 4.78 is 6.67. The van der Waals surface area contributed by atoms with Crippen LogP contribution in [0.4, 0.5) is 0 Å². The molecule has 0 atom stereocenters. The van der Waals surface area contributed by atoms with Gasteiger partial charge in [-0.15, -0.1) is 5.10 Å². The fraction of sp³-hybridized carbons (Fsp3) is 0.200. The summed E-state index contributed by atoms with van der Waals surface area (Å²) in [5, 5.41) is 11.2. The number of hydrogen-bond acceptors (Lipinski definition) is 5. The highest BCUT2D eigenvalue weighted by Crippen LogP contribution is 2.20. The number of benzene rings is 1. The average molecular weight is 218 g/mol. The summed E-state index contributed by atoms with van der Waals surface area (Å²) in [5.74, 6) is 1.17. The Bertz CT molecular complexity index is 521. The van der Waals surface area contributed by atoms with E-state index in [1.807, 2.05) is 0 Å². The van der Waals surface area contributed by atoms with Gasteiger partial charge in [0, 0.05) is 6.07 Å². The van der Waals surface area contributed by atoms with Gasteiger partial charge in [-0.3, -0.25) is 4.79 Å². The van der Waals surface area contributed by atoms with E-state index in [1.165, 1.54) is 7.11 Å². The van der Waals surface area contributed by atoms with Crippen molar-refractivity contribution < 1.29 is 9.53 Å². The predicted molar refractivity (Wildman–Crippen MR) is 55.8 cm³/mol. The van der Waals surface area contributed by atoms with Crippen LogP contribution in [0.3, 0.4) is 0 Å². The molecule has 16 heavy (non-hydrogen) atoms. The van der Waals surface area contributed by atoms with Gasteiger partial charge in [0.15, 0.2) is 12.1 Å². The van der Waals surface area contributed by atoms with Crippen LogP contribution >= 0.6 is 0 Å². The largest absolute Gasteiger partial charge is 0.496 e. The summed E-state index contributed by atoms with van der Waals surface area (Å²) in [6.45, 7) is 1.79. The van der Waals surface area contributed by atoms with Gasteiger partial charge < -0.3 is 4.74 Å². The second-order valence-corrected chi connectivity index (χ2v) is 3.18. The van der Waals surface area contributed by atoms with Gasteiger partial charge in [-0.25, -0.2) is 0 Å². The molecule has 0 unspecified atom stereocenters. The number of rotatable bonds is 3. The van der Waals surface area contributed by atoms with E-state index in [0.717, 1.165) is 12.0 Å². The maximum atomic E-state index is 10.7. The Labute approximate surface area is 91.8 Å². The van der Waals surface area contributed by atoms with Gasteiger partial charge in [0.25, 0.3) is 0 Å². The van der Waals surface area contributed by atoms with Crippen LogP contribution in [0.15, 0.2) is 18.2 Å². The molecule has 1 aromatic carbocycles. The normalized spacial score (nSPS) is 10.1. The summed E-state index contributed by atoms with van der Waals surface area (Å²) in [6, 6.07) is 5.14. The molecule has 0 spiro atoms. The number of nitrogens with zero attached hydrogens (tertiary/aromatic N) is 4. The van der Waals surface area contributed by atoms with Crippen molar-refractivity contribution in [1.82, 2.24) is 20.2 Å². The Morgan fingerprint density at radius 2 is 2.25 bits per heavy atom. The first-order valence-corrected chi connectivity index (χ1v) is 4.65. The van der Waals surface area contributed by atoms with Crippen LogP contribution < -0.4 is 4.74 Å². The molecule has 0 aliphatic heterocycles. The van der Waals surface area contributed by atoms with Crippen LogP contribution in [0.2, 0.25) is 0 Å². The third kappa shape index (κ3) is 1.65. The van der Waals surface area contributed by atoms with E-state index in [1.54, 1.807) is 29.8 Å². The minimum absolute atomic E-state index is 0.497. The number of aldehydes is 1. The summed E-state index contributed by atoms with van der Waals surface area (Å²) in [5.41, 5.74) is 1.25. The van der Waals surface area contributed by atoms with Gasteiger partial charge in [-0.1, -0.05) is 0 Å². The maximum absolute atomic E-state index is 10.7. The Balaban J connectivity index is 2.52. The molecule has 1 heterocycles. The molecular weight excluding hydrogens is 208 g/mol. The van der Waals surface area contributed by atoms with Gasteiger partial charge in [0.1, 0.15) is 5.75 Å². The topological polar surface area (TPSA) is 69.9 Å². The molecule has 82 valence electrons. The monoisotopic (exact) mass is 218 g/mol. The van der Waals surface area contributed by atoms with Gasteiger partial charge in [-0.2, -0.15) is 4.68 Å². The van der Waals surface area contributed by atoms with Crippen molar-refractivity contribution in [3.8, 4) is 11.4 Å².